The number of allylic oxidation sites excluding steroid dienone is 1. The van der Waals surface area contributed by atoms with Crippen LogP contribution in [0.15, 0.2) is 24.8 Å². The first-order chi connectivity index (χ1) is 4.54. The molecule has 0 heterocycles. The van der Waals surface area contributed by atoms with Crippen LogP contribution in [0.3, 0.4) is 0 Å². The maximum absolute atomic E-state index is 9.42. The zero-order valence-corrected chi connectivity index (χ0v) is 6.96. The second-order valence-electron chi connectivity index (χ2n) is 3.00. The molecule has 0 aliphatic carbocycles. The molecule has 0 saturated heterocycles. The van der Waals surface area contributed by atoms with Crippen molar-refractivity contribution in [2.24, 2.45) is 5.41 Å². The van der Waals surface area contributed by atoms with Crippen LogP contribution in [0.25, 0.3) is 0 Å². The van der Waals surface area contributed by atoms with Gasteiger partial charge in [0.15, 0.2) is 0 Å². The van der Waals surface area contributed by atoms with Crippen molar-refractivity contribution in [2.45, 2.75) is 26.9 Å². The standard InChI is InChI=1S/C9H16O/c1-5-7-8(10)9(3,4)6-2/h5-8,10H,2H2,1,3-4H3/b7-5+. The van der Waals surface area contributed by atoms with E-state index in [4.69, 9.17) is 0 Å². The minimum Gasteiger partial charge on any atom is -0.388 e. The minimum atomic E-state index is -0.421. The van der Waals surface area contributed by atoms with Crippen molar-refractivity contribution in [1.29, 1.82) is 0 Å². The van der Waals surface area contributed by atoms with E-state index < -0.39 is 6.10 Å². The van der Waals surface area contributed by atoms with E-state index in [1.165, 1.54) is 0 Å². The van der Waals surface area contributed by atoms with Gasteiger partial charge >= 0.3 is 0 Å². The van der Waals surface area contributed by atoms with Gasteiger partial charge < -0.3 is 5.11 Å². The Morgan fingerprint density at radius 3 is 2.30 bits per heavy atom. The second-order valence-corrected chi connectivity index (χ2v) is 3.00. The van der Waals surface area contributed by atoms with Crippen LogP contribution in [0.1, 0.15) is 20.8 Å². The summed E-state index contributed by atoms with van der Waals surface area (Å²) in [4.78, 5) is 0. The van der Waals surface area contributed by atoms with E-state index in [0.717, 1.165) is 0 Å². The smallest absolute Gasteiger partial charge is 0.0806 e. The van der Waals surface area contributed by atoms with Crippen LogP contribution in [0, 0.1) is 5.41 Å². The summed E-state index contributed by atoms with van der Waals surface area (Å²) in [6.45, 7) is 9.43. The van der Waals surface area contributed by atoms with Gasteiger partial charge in [-0.2, -0.15) is 0 Å². The highest BCUT2D eigenvalue weighted by Gasteiger charge is 2.20. The molecule has 0 aromatic rings. The lowest BCUT2D eigenvalue weighted by molar-refractivity contribution is 0.126. The normalized spacial score (nSPS) is 15.6. The van der Waals surface area contributed by atoms with Crippen LogP contribution < -0.4 is 0 Å². The summed E-state index contributed by atoms with van der Waals surface area (Å²) in [5, 5.41) is 9.42. The number of aliphatic hydroxyl groups is 1. The molecule has 0 rings (SSSR count). The van der Waals surface area contributed by atoms with Crippen molar-refractivity contribution >= 4 is 0 Å². The average molecular weight is 140 g/mol. The van der Waals surface area contributed by atoms with Gasteiger partial charge in [-0.05, 0) is 6.92 Å². The Morgan fingerprint density at radius 2 is 2.00 bits per heavy atom. The fourth-order valence-electron chi connectivity index (χ4n) is 0.551. The quantitative estimate of drug-likeness (QED) is 0.595. The molecule has 58 valence electrons. The van der Waals surface area contributed by atoms with E-state index in [0.29, 0.717) is 0 Å². The van der Waals surface area contributed by atoms with Crippen molar-refractivity contribution in [2.75, 3.05) is 0 Å². The van der Waals surface area contributed by atoms with Gasteiger partial charge in [0.05, 0.1) is 6.10 Å². The fraction of sp³-hybridized carbons (Fsp3) is 0.556. The maximum atomic E-state index is 9.42. The molecule has 0 aliphatic heterocycles. The molecular formula is C9H16O. The molecule has 0 aliphatic rings. The first kappa shape index (κ1) is 9.44. The molecule has 0 bridgehead atoms. The third kappa shape index (κ3) is 2.36. The van der Waals surface area contributed by atoms with E-state index in [9.17, 15) is 5.11 Å². The number of rotatable bonds is 3. The summed E-state index contributed by atoms with van der Waals surface area (Å²) >= 11 is 0. The monoisotopic (exact) mass is 140 g/mol. The molecular weight excluding hydrogens is 124 g/mol. The third-order valence-corrected chi connectivity index (χ3v) is 1.66. The molecule has 0 amide bonds. The lowest BCUT2D eigenvalue weighted by Crippen LogP contribution is -2.24. The topological polar surface area (TPSA) is 20.2 Å². The Kier molecular flexibility index (Phi) is 3.37. The Morgan fingerprint density at radius 1 is 1.50 bits per heavy atom. The van der Waals surface area contributed by atoms with Crippen molar-refractivity contribution in [3.05, 3.63) is 24.8 Å². The van der Waals surface area contributed by atoms with Gasteiger partial charge in [-0.25, -0.2) is 0 Å². The van der Waals surface area contributed by atoms with E-state index in [-0.39, 0.29) is 5.41 Å². The lowest BCUT2D eigenvalue weighted by Gasteiger charge is -2.23. The predicted molar refractivity (Wildman–Crippen MR) is 44.8 cm³/mol. The molecule has 0 fully saturated rings. The maximum Gasteiger partial charge on any atom is 0.0806 e. The Labute approximate surface area is 63.1 Å². The molecule has 1 atom stereocenters. The van der Waals surface area contributed by atoms with Crippen molar-refractivity contribution in [3.8, 4) is 0 Å². The van der Waals surface area contributed by atoms with Crippen LogP contribution in [-0.4, -0.2) is 11.2 Å². The van der Waals surface area contributed by atoms with Gasteiger partial charge in [-0.15, -0.1) is 6.58 Å². The number of hydrogen-bond acceptors (Lipinski definition) is 1. The highest BCUT2D eigenvalue weighted by atomic mass is 16.3. The SMILES string of the molecule is C=CC(C)(C)C(O)/C=C/C. The van der Waals surface area contributed by atoms with Crippen LogP contribution in [0.2, 0.25) is 0 Å². The van der Waals surface area contributed by atoms with Crippen LogP contribution in [0.4, 0.5) is 0 Å². The highest BCUT2D eigenvalue weighted by Crippen LogP contribution is 2.22. The summed E-state index contributed by atoms with van der Waals surface area (Å²) < 4.78 is 0. The van der Waals surface area contributed by atoms with Crippen molar-refractivity contribution in [3.63, 3.8) is 0 Å². The van der Waals surface area contributed by atoms with Crippen LogP contribution >= 0.6 is 0 Å². The Bertz CT molecular complexity index is 134. The van der Waals surface area contributed by atoms with Gasteiger partial charge in [0.25, 0.3) is 0 Å². The molecule has 1 nitrogen and oxygen atoms in total. The molecule has 10 heavy (non-hydrogen) atoms. The first-order valence-corrected chi connectivity index (χ1v) is 3.49. The van der Waals surface area contributed by atoms with Gasteiger partial charge in [0, 0.05) is 5.41 Å². The Hall–Kier alpha value is -0.560. The van der Waals surface area contributed by atoms with Gasteiger partial charge in [0.2, 0.25) is 0 Å². The van der Waals surface area contributed by atoms with Gasteiger partial charge in [-0.3, -0.25) is 0 Å². The minimum absolute atomic E-state index is 0.216. The van der Waals surface area contributed by atoms with E-state index in [1.54, 1.807) is 12.2 Å². The molecule has 0 aromatic heterocycles. The number of aliphatic hydroxyl groups excluding tert-OH is 1. The van der Waals surface area contributed by atoms with E-state index in [1.807, 2.05) is 26.8 Å². The molecule has 0 saturated carbocycles. The first-order valence-electron chi connectivity index (χ1n) is 3.49. The van der Waals surface area contributed by atoms with Gasteiger partial charge in [0.1, 0.15) is 0 Å². The fourth-order valence-corrected chi connectivity index (χ4v) is 0.551. The highest BCUT2D eigenvalue weighted by molar-refractivity contribution is 5.02. The van der Waals surface area contributed by atoms with E-state index >= 15 is 0 Å². The van der Waals surface area contributed by atoms with Gasteiger partial charge in [-0.1, -0.05) is 32.1 Å². The molecule has 0 radical (unpaired) electrons. The Balaban J connectivity index is 4.16. The summed E-state index contributed by atoms with van der Waals surface area (Å²) in [5.41, 5.74) is -0.216. The van der Waals surface area contributed by atoms with Crippen molar-refractivity contribution in [1.82, 2.24) is 0 Å². The molecule has 1 heteroatoms. The molecule has 0 aromatic carbocycles. The van der Waals surface area contributed by atoms with Crippen molar-refractivity contribution < 1.29 is 5.11 Å². The average Bonchev–Trinajstić information content (AvgIpc) is 1.89. The van der Waals surface area contributed by atoms with Crippen LogP contribution in [0.5, 0.6) is 0 Å². The second kappa shape index (κ2) is 3.57. The zero-order valence-electron chi connectivity index (χ0n) is 6.96. The predicted octanol–water partition coefficient (Wildman–Crippen LogP) is 2.14. The number of hydrogen-bond donors (Lipinski definition) is 1. The molecule has 0 spiro atoms. The summed E-state index contributed by atoms with van der Waals surface area (Å²) in [6.07, 6.45) is 4.95. The summed E-state index contributed by atoms with van der Waals surface area (Å²) in [5.74, 6) is 0. The summed E-state index contributed by atoms with van der Waals surface area (Å²) in [7, 11) is 0. The zero-order chi connectivity index (χ0) is 8.20. The largest absolute Gasteiger partial charge is 0.388 e. The lowest BCUT2D eigenvalue weighted by atomic mass is 9.87. The summed E-state index contributed by atoms with van der Waals surface area (Å²) in [6, 6.07) is 0. The third-order valence-electron chi connectivity index (χ3n) is 1.66. The van der Waals surface area contributed by atoms with E-state index in [2.05, 4.69) is 6.58 Å². The van der Waals surface area contributed by atoms with Crippen LogP contribution in [-0.2, 0) is 0 Å². The molecule has 1 unspecified atom stereocenters. The molecule has 1 N–H and O–H groups in total.